The summed E-state index contributed by atoms with van der Waals surface area (Å²) in [5.74, 6) is 0.822. The lowest BCUT2D eigenvalue weighted by atomic mass is 10.1. The molecule has 0 radical (unpaired) electrons. The Morgan fingerprint density at radius 1 is 1.50 bits per heavy atom. The molecule has 16 heavy (non-hydrogen) atoms. The minimum atomic E-state index is 0.0713. The molecule has 0 aliphatic heterocycles. The summed E-state index contributed by atoms with van der Waals surface area (Å²) in [6.07, 6.45) is 1.73. The molecule has 0 saturated carbocycles. The zero-order chi connectivity index (χ0) is 11.5. The molecule has 4 nitrogen and oxygen atoms in total. The number of fused-ring (bicyclic) bond motifs is 1. The van der Waals surface area contributed by atoms with E-state index in [4.69, 9.17) is 4.74 Å². The molecule has 0 atom stereocenters. The maximum absolute atomic E-state index is 11.8. The topological polar surface area (TPSA) is 54.1 Å². The number of hydrogen-bond donors (Lipinski definition) is 2. The number of Topliss-reactive ketones (excluding diaryl/α,β-unsaturated/α-hetero) is 1. The van der Waals surface area contributed by atoms with Crippen molar-refractivity contribution in [3.05, 3.63) is 30.0 Å². The summed E-state index contributed by atoms with van der Waals surface area (Å²) >= 11 is 0. The molecular weight excluding hydrogens is 204 g/mol. The van der Waals surface area contributed by atoms with Crippen molar-refractivity contribution in [2.45, 2.75) is 0 Å². The van der Waals surface area contributed by atoms with Gasteiger partial charge in [-0.25, -0.2) is 0 Å². The number of rotatable bonds is 4. The number of ketones is 1. The summed E-state index contributed by atoms with van der Waals surface area (Å²) in [4.78, 5) is 14.9. The quantitative estimate of drug-likeness (QED) is 0.766. The van der Waals surface area contributed by atoms with Gasteiger partial charge in [-0.15, -0.1) is 0 Å². The molecular formula is C12H14N2O2. The van der Waals surface area contributed by atoms with Gasteiger partial charge in [-0.05, 0) is 13.1 Å². The highest BCUT2D eigenvalue weighted by Crippen LogP contribution is 2.26. The number of benzene rings is 1. The van der Waals surface area contributed by atoms with Gasteiger partial charge in [-0.1, -0.05) is 12.1 Å². The van der Waals surface area contributed by atoms with Gasteiger partial charge in [0.1, 0.15) is 5.75 Å². The van der Waals surface area contributed by atoms with Crippen molar-refractivity contribution in [3.8, 4) is 5.75 Å². The normalized spacial score (nSPS) is 10.6. The second-order valence-electron chi connectivity index (χ2n) is 3.54. The number of ether oxygens (including phenoxy) is 1. The van der Waals surface area contributed by atoms with E-state index < -0.39 is 0 Å². The summed E-state index contributed by atoms with van der Waals surface area (Å²) in [5, 5.41) is 3.76. The third kappa shape index (κ3) is 1.67. The number of methoxy groups -OCH3 is 1. The van der Waals surface area contributed by atoms with Crippen LogP contribution in [-0.4, -0.2) is 31.5 Å². The van der Waals surface area contributed by atoms with Crippen LogP contribution in [0.15, 0.2) is 24.4 Å². The second kappa shape index (κ2) is 4.37. The van der Waals surface area contributed by atoms with Crippen molar-refractivity contribution >= 4 is 16.7 Å². The predicted molar refractivity (Wildman–Crippen MR) is 63.1 cm³/mol. The summed E-state index contributed by atoms with van der Waals surface area (Å²) in [5.41, 5.74) is 1.56. The van der Waals surface area contributed by atoms with Gasteiger partial charge in [0.15, 0.2) is 5.78 Å². The molecule has 0 saturated heterocycles. The molecule has 0 amide bonds. The highest BCUT2D eigenvalue weighted by atomic mass is 16.5. The van der Waals surface area contributed by atoms with E-state index in [1.165, 1.54) is 0 Å². The van der Waals surface area contributed by atoms with Gasteiger partial charge in [0.2, 0.25) is 0 Å². The van der Waals surface area contributed by atoms with Crippen molar-refractivity contribution < 1.29 is 9.53 Å². The molecule has 1 aromatic heterocycles. The SMILES string of the molecule is CNCC(=O)c1c[nH]c2c(OC)cccc12. The van der Waals surface area contributed by atoms with Crippen molar-refractivity contribution in [2.75, 3.05) is 20.7 Å². The fourth-order valence-corrected chi connectivity index (χ4v) is 1.78. The Morgan fingerprint density at radius 3 is 3.00 bits per heavy atom. The van der Waals surface area contributed by atoms with Gasteiger partial charge >= 0.3 is 0 Å². The van der Waals surface area contributed by atoms with Gasteiger partial charge in [-0.3, -0.25) is 4.79 Å². The van der Waals surface area contributed by atoms with Gasteiger partial charge in [0.05, 0.1) is 19.2 Å². The first-order valence-corrected chi connectivity index (χ1v) is 5.09. The molecule has 0 aliphatic carbocycles. The molecule has 1 heterocycles. The number of aromatic amines is 1. The zero-order valence-corrected chi connectivity index (χ0v) is 9.33. The van der Waals surface area contributed by atoms with Crippen LogP contribution in [0.5, 0.6) is 5.75 Å². The van der Waals surface area contributed by atoms with E-state index in [-0.39, 0.29) is 5.78 Å². The number of hydrogen-bond acceptors (Lipinski definition) is 3. The molecule has 0 fully saturated rings. The van der Waals surface area contributed by atoms with Crippen molar-refractivity contribution in [1.82, 2.24) is 10.3 Å². The standard InChI is InChI=1S/C12H14N2O2/c1-13-7-10(15)9-6-14-12-8(9)4-3-5-11(12)16-2/h3-6,13-14H,7H2,1-2H3. The number of H-pyrrole nitrogens is 1. The lowest BCUT2D eigenvalue weighted by Gasteiger charge is -2.01. The third-order valence-corrected chi connectivity index (χ3v) is 2.53. The van der Waals surface area contributed by atoms with Crippen LogP contribution in [0.1, 0.15) is 10.4 Å². The Morgan fingerprint density at radius 2 is 2.31 bits per heavy atom. The van der Waals surface area contributed by atoms with Crippen LogP contribution in [0.2, 0.25) is 0 Å². The minimum Gasteiger partial charge on any atom is -0.495 e. The van der Waals surface area contributed by atoms with Crippen LogP contribution in [0.25, 0.3) is 10.9 Å². The number of carbonyl (C=O) groups excluding carboxylic acids is 1. The molecule has 4 heteroatoms. The number of nitrogens with one attached hydrogen (secondary N) is 2. The second-order valence-corrected chi connectivity index (χ2v) is 3.54. The Balaban J connectivity index is 2.53. The molecule has 0 aliphatic rings. The van der Waals surface area contributed by atoms with E-state index in [9.17, 15) is 4.79 Å². The van der Waals surface area contributed by atoms with Gasteiger partial charge in [-0.2, -0.15) is 0 Å². The number of carbonyl (C=O) groups is 1. The summed E-state index contributed by atoms with van der Waals surface area (Å²) in [7, 11) is 3.37. The van der Waals surface area contributed by atoms with Crippen LogP contribution in [0.4, 0.5) is 0 Å². The molecule has 0 bridgehead atoms. The Labute approximate surface area is 93.6 Å². The minimum absolute atomic E-state index is 0.0713. The molecule has 2 aromatic rings. The largest absolute Gasteiger partial charge is 0.495 e. The van der Waals surface area contributed by atoms with E-state index in [1.807, 2.05) is 18.2 Å². The summed E-state index contributed by atoms with van der Waals surface area (Å²) in [6.45, 7) is 0.337. The maximum Gasteiger partial charge on any atom is 0.178 e. The van der Waals surface area contributed by atoms with Crippen LogP contribution in [-0.2, 0) is 0 Å². The average molecular weight is 218 g/mol. The average Bonchev–Trinajstić information content (AvgIpc) is 2.72. The molecule has 2 N–H and O–H groups in total. The van der Waals surface area contributed by atoms with E-state index in [0.717, 1.165) is 16.7 Å². The van der Waals surface area contributed by atoms with Gasteiger partial charge in [0.25, 0.3) is 0 Å². The first-order valence-electron chi connectivity index (χ1n) is 5.09. The van der Waals surface area contributed by atoms with Crippen molar-refractivity contribution in [1.29, 1.82) is 0 Å². The zero-order valence-electron chi connectivity index (χ0n) is 9.33. The van der Waals surface area contributed by atoms with E-state index in [1.54, 1.807) is 20.4 Å². The van der Waals surface area contributed by atoms with Crippen LogP contribution in [0, 0.1) is 0 Å². The Hall–Kier alpha value is -1.81. The van der Waals surface area contributed by atoms with E-state index in [0.29, 0.717) is 12.1 Å². The van der Waals surface area contributed by atoms with E-state index in [2.05, 4.69) is 10.3 Å². The molecule has 1 aromatic carbocycles. The molecule has 84 valence electrons. The molecule has 2 rings (SSSR count). The van der Waals surface area contributed by atoms with Crippen LogP contribution < -0.4 is 10.1 Å². The molecule has 0 spiro atoms. The van der Waals surface area contributed by atoms with E-state index >= 15 is 0 Å². The van der Waals surface area contributed by atoms with Gasteiger partial charge < -0.3 is 15.0 Å². The summed E-state index contributed by atoms with van der Waals surface area (Å²) < 4.78 is 5.22. The maximum atomic E-state index is 11.8. The highest BCUT2D eigenvalue weighted by molar-refractivity contribution is 6.09. The number of aromatic nitrogens is 1. The predicted octanol–water partition coefficient (Wildman–Crippen LogP) is 1.58. The summed E-state index contributed by atoms with van der Waals surface area (Å²) in [6, 6.07) is 5.66. The Bertz CT molecular complexity index is 517. The number of likely N-dealkylation sites (N-methyl/N-ethyl adjacent to an activating group) is 1. The fourth-order valence-electron chi connectivity index (χ4n) is 1.78. The van der Waals surface area contributed by atoms with Crippen molar-refractivity contribution in [3.63, 3.8) is 0 Å². The van der Waals surface area contributed by atoms with Crippen LogP contribution >= 0.6 is 0 Å². The first kappa shape index (κ1) is 10.7. The van der Waals surface area contributed by atoms with Crippen LogP contribution in [0.3, 0.4) is 0 Å². The third-order valence-electron chi connectivity index (χ3n) is 2.53. The molecule has 0 unspecified atom stereocenters. The lowest BCUT2D eigenvalue weighted by Crippen LogP contribution is -2.18. The fraction of sp³-hybridized carbons (Fsp3) is 0.250. The highest BCUT2D eigenvalue weighted by Gasteiger charge is 2.12. The van der Waals surface area contributed by atoms with Gasteiger partial charge in [0, 0.05) is 17.1 Å². The Kier molecular flexibility index (Phi) is 2.92. The smallest absolute Gasteiger partial charge is 0.178 e. The monoisotopic (exact) mass is 218 g/mol. The lowest BCUT2D eigenvalue weighted by molar-refractivity contribution is 0.0995. The number of para-hydroxylation sites is 1. The van der Waals surface area contributed by atoms with Crippen molar-refractivity contribution in [2.24, 2.45) is 0 Å². The first-order chi connectivity index (χ1) is 7.77.